The summed E-state index contributed by atoms with van der Waals surface area (Å²) in [5.74, 6) is 0.273. The summed E-state index contributed by atoms with van der Waals surface area (Å²) in [6, 6.07) is 18.4. The van der Waals surface area contributed by atoms with Gasteiger partial charge in [-0.1, -0.05) is 30.3 Å². The summed E-state index contributed by atoms with van der Waals surface area (Å²) < 4.78 is 0. The molecule has 6 heteroatoms. The molecule has 4 heterocycles. The van der Waals surface area contributed by atoms with Crippen LogP contribution in [0.5, 0.6) is 5.75 Å². The van der Waals surface area contributed by atoms with Crippen molar-refractivity contribution in [3.8, 4) is 5.75 Å². The number of amides is 1. The molecule has 4 saturated heterocycles. The van der Waals surface area contributed by atoms with Crippen molar-refractivity contribution in [3.63, 3.8) is 0 Å². The lowest BCUT2D eigenvalue weighted by molar-refractivity contribution is -0.204. The molecule has 1 saturated carbocycles. The second-order valence-corrected chi connectivity index (χ2v) is 11.5. The van der Waals surface area contributed by atoms with Crippen molar-refractivity contribution in [2.75, 3.05) is 19.6 Å². The Morgan fingerprint density at radius 1 is 1.08 bits per heavy atom. The molecule has 2 aromatic carbocycles. The molecular weight excluding hydrogens is 448 g/mol. The van der Waals surface area contributed by atoms with Crippen molar-refractivity contribution >= 4 is 5.91 Å². The van der Waals surface area contributed by atoms with Crippen LogP contribution in [-0.4, -0.2) is 69.6 Å². The molecule has 0 radical (unpaired) electrons. The normalized spacial score (nSPS) is 33.9. The van der Waals surface area contributed by atoms with E-state index in [1.807, 2.05) is 29.3 Å². The first kappa shape index (κ1) is 22.5. The Labute approximate surface area is 213 Å². The van der Waals surface area contributed by atoms with Gasteiger partial charge in [-0.2, -0.15) is 0 Å². The molecule has 5 fully saturated rings. The number of hydrogen-bond donors (Lipinski definition) is 2. The molecule has 36 heavy (non-hydrogen) atoms. The van der Waals surface area contributed by atoms with E-state index in [0.717, 1.165) is 38.0 Å². The third-order valence-corrected chi connectivity index (χ3v) is 9.92. The Hall–Kier alpha value is -2.67. The van der Waals surface area contributed by atoms with Gasteiger partial charge < -0.3 is 5.11 Å². The molecule has 2 bridgehead atoms. The first-order valence-corrected chi connectivity index (χ1v) is 13.7. The summed E-state index contributed by atoms with van der Waals surface area (Å²) in [4.78, 5) is 18.3. The SMILES string of the molecule is C=CCN1C2CCC23C1C1CCC3N1C(c1ccc(C(=O)NN2CCCC2)cc1)c1cccc(O)c1. The minimum atomic E-state index is -0.0343. The van der Waals surface area contributed by atoms with Crippen LogP contribution in [0.4, 0.5) is 0 Å². The highest BCUT2D eigenvalue weighted by atomic mass is 16.3. The van der Waals surface area contributed by atoms with E-state index < -0.39 is 0 Å². The number of rotatable bonds is 7. The van der Waals surface area contributed by atoms with Crippen molar-refractivity contribution in [2.24, 2.45) is 5.41 Å². The van der Waals surface area contributed by atoms with Crippen LogP contribution in [0.3, 0.4) is 0 Å². The number of carbonyl (C=O) groups excluding carboxylic acids is 1. The van der Waals surface area contributed by atoms with Gasteiger partial charge >= 0.3 is 0 Å². The number of hydrazine groups is 1. The lowest BCUT2D eigenvalue weighted by atomic mass is 9.47. The first-order valence-electron chi connectivity index (χ1n) is 13.7. The van der Waals surface area contributed by atoms with Crippen molar-refractivity contribution in [1.29, 1.82) is 0 Å². The van der Waals surface area contributed by atoms with Crippen LogP contribution in [0.2, 0.25) is 0 Å². The number of phenols is 1. The number of phenolic OH excluding ortho intramolecular Hbond substituents is 1. The summed E-state index contributed by atoms with van der Waals surface area (Å²) in [6.07, 6.45) is 9.45. The maximum absolute atomic E-state index is 12.8. The van der Waals surface area contributed by atoms with Crippen LogP contribution in [-0.2, 0) is 0 Å². The fourth-order valence-electron chi connectivity index (χ4n) is 8.58. The average molecular weight is 485 g/mol. The Kier molecular flexibility index (Phi) is 5.28. The van der Waals surface area contributed by atoms with Gasteiger partial charge in [-0.05, 0) is 73.9 Å². The second-order valence-electron chi connectivity index (χ2n) is 11.5. The predicted molar refractivity (Wildman–Crippen MR) is 139 cm³/mol. The van der Waals surface area contributed by atoms with Gasteiger partial charge in [-0.15, -0.1) is 6.58 Å². The van der Waals surface area contributed by atoms with Gasteiger partial charge in [0.1, 0.15) is 5.75 Å². The van der Waals surface area contributed by atoms with Gasteiger partial charge in [0.15, 0.2) is 0 Å². The molecule has 6 nitrogen and oxygen atoms in total. The van der Waals surface area contributed by atoms with Crippen molar-refractivity contribution in [3.05, 3.63) is 77.9 Å². The summed E-state index contributed by atoms with van der Waals surface area (Å²) in [7, 11) is 0. The van der Waals surface area contributed by atoms with Gasteiger partial charge in [0.05, 0.1) is 6.04 Å². The molecule has 6 atom stereocenters. The number of likely N-dealkylation sites (tertiary alicyclic amines) is 1. The number of carbonyl (C=O) groups is 1. The molecule has 0 aromatic heterocycles. The number of nitrogens with zero attached hydrogens (tertiary/aromatic N) is 3. The van der Waals surface area contributed by atoms with E-state index in [1.54, 1.807) is 6.07 Å². The van der Waals surface area contributed by atoms with Crippen molar-refractivity contribution in [1.82, 2.24) is 20.2 Å². The van der Waals surface area contributed by atoms with Gasteiger partial charge in [-0.3, -0.25) is 20.0 Å². The van der Waals surface area contributed by atoms with E-state index in [9.17, 15) is 9.90 Å². The summed E-state index contributed by atoms with van der Waals surface area (Å²) in [6.45, 7) is 6.86. The second kappa shape index (κ2) is 8.44. The van der Waals surface area contributed by atoms with Crippen LogP contribution in [0, 0.1) is 5.41 Å². The van der Waals surface area contributed by atoms with E-state index in [0.29, 0.717) is 40.9 Å². The molecule has 1 aliphatic carbocycles. The van der Waals surface area contributed by atoms with Crippen LogP contribution in [0.15, 0.2) is 61.2 Å². The van der Waals surface area contributed by atoms with Crippen LogP contribution >= 0.6 is 0 Å². The summed E-state index contributed by atoms with van der Waals surface area (Å²) in [5.41, 5.74) is 6.50. The largest absolute Gasteiger partial charge is 0.508 e. The molecule has 1 spiro atoms. The van der Waals surface area contributed by atoms with E-state index in [4.69, 9.17) is 0 Å². The highest BCUT2D eigenvalue weighted by Gasteiger charge is 2.78. The standard InChI is InChI=1S/C30H36N4O2/c1-2-16-33-25-14-15-30(25)26-13-12-24(28(30)33)34(26)27(22-6-5-7-23(35)19-22)20-8-10-21(11-9-20)29(36)31-32-17-3-4-18-32/h2,5-11,19,24-28,35H,1,3-4,12-18H2,(H,31,36). The first-order chi connectivity index (χ1) is 17.6. The Bertz CT molecular complexity index is 1180. The Morgan fingerprint density at radius 3 is 2.58 bits per heavy atom. The lowest BCUT2D eigenvalue weighted by Crippen LogP contribution is -2.80. The zero-order valence-electron chi connectivity index (χ0n) is 20.9. The zero-order chi connectivity index (χ0) is 24.4. The molecular formula is C30H36N4O2. The maximum atomic E-state index is 12.8. The third-order valence-electron chi connectivity index (χ3n) is 9.92. The Morgan fingerprint density at radius 2 is 1.89 bits per heavy atom. The molecule has 6 unspecified atom stereocenters. The van der Waals surface area contributed by atoms with Crippen molar-refractivity contribution < 1.29 is 9.90 Å². The van der Waals surface area contributed by atoms with E-state index in [-0.39, 0.29) is 11.9 Å². The number of nitrogens with one attached hydrogen (secondary N) is 1. The topological polar surface area (TPSA) is 59.0 Å². The Balaban J connectivity index is 1.22. The molecule has 2 aromatic rings. The highest BCUT2D eigenvalue weighted by molar-refractivity contribution is 5.93. The van der Waals surface area contributed by atoms with Crippen molar-refractivity contribution in [2.45, 2.75) is 68.7 Å². The highest BCUT2D eigenvalue weighted by Crippen LogP contribution is 2.71. The number of benzene rings is 2. The molecule has 4 aliphatic heterocycles. The lowest BCUT2D eigenvalue weighted by Gasteiger charge is -2.71. The van der Waals surface area contributed by atoms with E-state index in [1.165, 1.54) is 31.2 Å². The third kappa shape index (κ3) is 3.11. The minimum Gasteiger partial charge on any atom is -0.508 e. The maximum Gasteiger partial charge on any atom is 0.265 e. The number of piperidine rings is 1. The monoisotopic (exact) mass is 484 g/mol. The quantitative estimate of drug-likeness (QED) is 0.580. The fourth-order valence-corrected chi connectivity index (χ4v) is 8.58. The predicted octanol–water partition coefficient (Wildman–Crippen LogP) is 4.09. The smallest absolute Gasteiger partial charge is 0.265 e. The van der Waals surface area contributed by atoms with Crippen LogP contribution < -0.4 is 5.43 Å². The number of aromatic hydroxyl groups is 1. The van der Waals surface area contributed by atoms with Gasteiger partial charge in [-0.25, -0.2) is 5.01 Å². The van der Waals surface area contributed by atoms with Crippen LogP contribution in [0.25, 0.3) is 0 Å². The number of fused-ring (bicyclic) bond motifs is 3. The van der Waals surface area contributed by atoms with Gasteiger partial charge in [0, 0.05) is 54.8 Å². The summed E-state index contributed by atoms with van der Waals surface area (Å²) >= 11 is 0. The molecule has 2 N–H and O–H groups in total. The molecule has 1 amide bonds. The van der Waals surface area contributed by atoms with E-state index in [2.05, 4.69) is 46.1 Å². The average Bonchev–Trinajstić information content (AvgIpc) is 3.59. The molecule has 7 rings (SSSR count). The molecule has 188 valence electrons. The fraction of sp³-hybridized carbons (Fsp3) is 0.500. The van der Waals surface area contributed by atoms with Gasteiger partial charge in [0.25, 0.3) is 5.91 Å². The minimum absolute atomic E-state index is 0.0343. The van der Waals surface area contributed by atoms with Crippen LogP contribution in [0.1, 0.15) is 66.1 Å². The molecule has 5 aliphatic rings. The zero-order valence-corrected chi connectivity index (χ0v) is 20.9. The van der Waals surface area contributed by atoms with Gasteiger partial charge in [0.2, 0.25) is 0 Å². The van der Waals surface area contributed by atoms with E-state index >= 15 is 0 Å². The number of hydrogen-bond acceptors (Lipinski definition) is 5. The summed E-state index contributed by atoms with van der Waals surface area (Å²) in [5, 5.41) is 12.4.